The average Bonchev–Trinajstić information content (AvgIpc) is 2.66. The normalized spacial score (nSPS) is 12.7. The van der Waals surface area contributed by atoms with E-state index in [9.17, 15) is 0 Å². The lowest BCUT2D eigenvalue weighted by molar-refractivity contribution is 0.358. The molecular formula is C11H12BrN3O. The lowest BCUT2D eigenvalue weighted by Gasteiger charge is -1.97. The molecule has 0 fully saturated rings. The van der Waals surface area contributed by atoms with Crippen LogP contribution in [0.1, 0.15) is 30.2 Å². The van der Waals surface area contributed by atoms with Gasteiger partial charge in [0.05, 0.1) is 6.04 Å². The zero-order chi connectivity index (χ0) is 11.5. The Morgan fingerprint density at radius 2 is 2.31 bits per heavy atom. The van der Waals surface area contributed by atoms with Crippen LogP contribution in [-0.4, -0.2) is 10.1 Å². The molecule has 84 valence electrons. The number of aromatic nitrogens is 2. The topological polar surface area (TPSA) is 64.9 Å². The Morgan fingerprint density at radius 1 is 1.50 bits per heavy atom. The summed E-state index contributed by atoms with van der Waals surface area (Å²) in [7, 11) is 0. The maximum absolute atomic E-state index is 5.64. The molecule has 0 spiro atoms. The van der Waals surface area contributed by atoms with Crippen LogP contribution in [-0.2, 0) is 6.42 Å². The van der Waals surface area contributed by atoms with Crippen LogP contribution in [0.3, 0.4) is 0 Å². The van der Waals surface area contributed by atoms with Gasteiger partial charge in [-0.1, -0.05) is 33.2 Å². The number of rotatable bonds is 3. The molecule has 1 atom stereocenters. The van der Waals surface area contributed by atoms with Gasteiger partial charge in [-0.15, -0.1) is 0 Å². The Bertz CT molecular complexity index is 482. The lowest BCUT2D eigenvalue weighted by Crippen LogP contribution is -2.05. The van der Waals surface area contributed by atoms with Gasteiger partial charge in [0.2, 0.25) is 5.89 Å². The molecule has 0 saturated heterocycles. The Morgan fingerprint density at radius 3 is 2.94 bits per heavy atom. The van der Waals surface area contributed by atoms with Crippen molar-refractivity contribution in [2.24, 2.45) is 5.73 Å². The largest absolute Gasteiger partial charge is 0.338 e. The molecule has 0 saturated carbocycles. The van der Waals surface area contributed by atoms with Gasteiger partial charge < -0.3 is 10.3 Å². The minimum Gasteiger partial charge on any atom is -0.338 e. The van der Waals surface area contributed by atoms with E-state index >= 15 is 0 Å². The summed E-state index contributed by atoms with van der Waals surface area (Å²) >= 11 is 3.42. The third-order valence-corrected chi connectivity index (χ3v) is 2.62. The molecule has 2 rings (SSSR count). The quantitative estimate of drug-likeness (QED) is 0.939. The van der Waals surface area contributed by atoms with Crippen molar-refractivity contribution in [2.45, 2.75) is 19.4 Å². The van der Waals surface area contributed by atoms with Gasteiger partial charge >= 0.3 is 0 Å². The summed E-state index contributed by atoms with van der Waals surface area (Å²) in [6.07, 6.45) is 0.648. The van der Waals surface area contributed by atoms with Crippen molar-refractivity contribution in [2.75, 3.05) is 0 Å². The van der Waals surface area contributed by atoms with Crippen molar-refractivity contribution in [1.82, 2.24) is 10.1 Å². The summed E-state index contributed by atoms with van der Waals surface area (Å²) in [5, 5.41) is 3.88. The maximum Gasteiger partial charge on any atom is 0.243 e. The minimum atomic E-state index is -0.219. The third-order valence-electron chi connectivity index (χ3n) is 2.12. The van der Waals surface area contributed by atoms with Crippen molar-refractivity contribution in [3.05, 3.63) is 46.0 Å². The summed E-state index contributed by atoms with van der Waals surface area (Å²) in [5.74, 6) is 1.13. The zero-order valence-electron chi connectivity index (χ0n) is 8.85. The SMILES string of the molecule is CC(N)c1nc(Cc2cccc(Br)c2)no1. The first-order valence-corrected chi connectivity index (χ1v) is 5.77. The molecule has 0 amide bonds. The molecule has 16 heavy (non-hydrogen) atoms. The average molecular weight is 282 g/mol. The molecule has 5 heteroatoms. The second-order valence-corrected chi connectivity index (χ2v) is 4.56. The lowest BCUT2D eigenvalue weighted by atomic mass is 10.1. The predicted octanol–water partition coefficient (Wildman–Crippen LogP) is 2.44. The van der Waals surface area contributed by atoms with Gasteiger partial charge in [0.1, 0.15) is 0 Å². The van der Waals surface area contributed by atoms with Gasteiger partial charge in [-0.05, 0) is 24.6 Å². The Hall–Kier alpha value is -1.20. The number of nitrogens with two attached hydrogens (primary N) is 1. The van der Waals surface area contributed by atoms with E-state index in [0.717, 1.165) is 10.0 Å². The first-order valence-electron chi connectivity index (χ1n) is 4.97. The summed E-state index contributed by atoms with van der Waals surface area (Å²) in [6, 6.07) is 7.79. The summed E-state index contributed by atoms with van der Waals surface area (Å²) in [6.45, 7) is 1.82. The molecule has 2 aromatic rings. The van der Waals surface area contributed by atoms with Crippen LogP contribution in [0.5, 0.6) is 0 Å². The molecule has 1 aromatic heterocycles. The molecular weight excluding hydrogens is 270 g/mol. The molecule has 0 radical (unpaired) electrons. The van der Waals surface area contributed by atoms with Gasteiger partial charge in [-0.3, -0.25) is 0 Å². The molecule has 1 aromatic carbocycles. The van der Waals surface area contributed by atoms with Gasteiger partial charge in [-0.25, -0.2) is 0 Å². The second-order valence-electron chi connectivity index (χ2n) is 3.64. The van der Waals surface area contributed by atoms with E-state index in [1.165, 1.54) is 0 Å². The second kappa shape index (κ2) is 4.76. The summed E-state index contributed by atoms with van der Waals surface area (Å²) in [4.78, 5) is 4.22. The van der Waals surface area contributed by atoms with Gasteiger partial charge in [-0.2, -0.15) is 4.98 Å². The van der Waals surface area contributed by atoms with Crippen LogP contribution in [0.25, 0.3) is 0 Å². The Balaban J connectivity index is 2.14. The molecule has 1 unspecified atom stereocenters. The number of benzene rings is 1. The van der Waals surface area contributed by atoms with Crippen LogP contribution in [0.15, 0.2) is 33.3 Å². The fourth-order valence-electron chi connectivity index (χ4n) is 1.35. The minimum absolute atomic E-state index is 0.219. The van der Waals surface area contributed by atoms with E-state index in [-0.39, 0.29) is 6.04 Å². The monoisotopic (exact) mass is 281 g/mol. The fourth-order valence-corrected chi connectivity index (χ4v) is 1.80. The van der Waals surface area contributed by atoms with E-state index < -0.39 is 0 Å². The first-order chi connectivity index (χ1) is 7.65. The highest BCUT2D eigenvalue weighted by Gasteiger charge is 2.10. The smallest absolute Gasteiger partial charge is 0.243 e. The van der Waals surface area contributed by atoms with Gasteiger partial charge in [0.25, 0.3) is 0 Å². The molecule has 0 aliphatic heterocycles. The van der Waals surface area contributed by atoms with Gasteiger partial charge in [0, 0.05) is 10.9 Å². The molecule has 2 N–H and O–H groups in total. The van der Waals surface area contributed by atoms with E-state index in [1.54, 1.807) is 0 Å². The molecule has 0 aliphatic carbocycles. The maximum atomic E-state index is 5.64. The van der Waals surface area contributed by atoms with Crippen molar-refractivity contribution in [3.8, 4) is 0 Å². The summed E-state index contributed by atoms with van der Waals surface area (Å²) < 4.78 is 6.07. The Labute approximate surface area is 102 Å². The highest BCUT2D eigenvalue weighted by molar-refractivity contribution is 9.10. The molecule has 1 heterocycles. The van der Waals surface area contributed by atoms with Crippen LogP contribution in [0, 0.1) is 0 Å². The van der Waals surface area contributed by atoms with Crippen LogP contribution in [0.4, 0.5) is 0 Å². The number of nitrogens with zero attached hydrogens (tertiary/aromatic N) is 2. The number of hydrogen-bond donors (Lipinski definition) is 1. The van der Waals surface area contributed by atoms with E-state index in [0.29, 0.717) is 18.1 Å². The van der Waals surface area contributed by atoms with Crippen molar-refractivity contribution in [3.63, 3.8) is 0 Å². The standard InChI is InChI=1S/C11H12BrN3O/c1-7(13)11-14-10(15-16-11)6-8-3-2-4-9(12)5-8/h2-5,7H,6,13H2,1H3. The highest BCUT2D eigenvalue weighted by Crippen LogP contribution is 2.15. The van der Waals surface area contributed by atoms with Crippen LogP contribution < -0.4 is 5.73 Å². The fraction of sp³-hybridized carbons (Fsp3) is 0.273. The summed E-state index contributed by atoms with van der Waals surface area (Å²) in [5.41, 5.74) is 6.77. The zero-order valence-corrected chi connectivity index (χ0v) is 10.4. The number of hydrogen-bond acceptors (Lipinski definition) is 4. The van der Waals surface area contributed by atoms with Crippen LogP contribution >= 0.6 is 15.9 Å². The molecule has 0 bridgehead atoms. The first kappa shape index (κ1) is 11.3. The van der Waals surface area contributed by atoms with E-state index in [2.05, 4.69) is 26.1 Å². The molecule has 0 aliphatic rings. The Kier molecular flexibility index (Phi) is 3.36. The highest BCUT2D eigenvalue weighted by atomic mass is 79.9. The van der Waals surface area contributed by atoms with E-state index in [4.69, 9.17) is 10.3 Å². The number of halogens is 1. The van der Waals surface area contributed by atoms with Crippen molar-refractivity contribution < 1.29 is 4.52 Å². The predicted molar refractivity (Wildman–Crippen MR) is 63.8 cm³/mol. The van der Waals surface area contributed by atoms with Gasteiger partial charge in [0.15, 0.2) is 5.82 Å². The van der Waals surface area contributed by atoms with Crippen LogP contribution in [0.2, 0.25) is 0 Å². The van der Waals surface area contributed by atoms with Crippen molar-refractivity contribution >= 4 is 15.9 Å². The third kappa shape index (κ3) is 2.68. The van der Waals surface area contributed by atoms with E-state index in [1.807, 2.05) is 31.2 Å². The molecule has 4 nitrogen and oxygen atoms in total. The van der Waals surface area contributed by atoms with Crippen molar-refractivity contribution in [1.29, 1.82) is 0 Å².